The number of alkyl carbamates (subject to hydrolysis) is 1. The van der Waals surface area contributed by atoms with E-state index in [0.717, 1.165) is 0 Å². The SMILES string of the molecule is CC(NC(=O)C(OC(=O)C(C)NC(=O)OC(C)(C)C)C(C)C)C(=O)OC(C(=O)[O-])C(C)C. The van der Waals surface area contributed by atoms with E-state index in [0.29, 0.717) is 0 Å². The molecule has 184 valence electrons. The summed E-state index contributed by atoms with van der Waals surface area (Å²) in [5, 5.41) is 15.7. The molecule has 0 aromatic heterocycles. The first-order valence-electron chi connectivity index (χ1n) is 10.4. The molecule has 2 N–H and O–H groups in total. The highest BCUT2D eigenvalue weighted by Crippen LogP contribution is 2.12. The summed E-state index contributed by atoms with van der Waals surface area (Å²) >= 11 is 0. The van der Waals surface area contributed by atoms with Crippen molar-refractivity contribution in [1.82, 2.24) is 10.6 Å². The fourth-order valence-corrected chi connectivity index (χ4v) is 2.30. The van der Waals surface area contributed by atoms with Gasteiger partial charge in [-0.15, -0.1) is 0 Å². The molecule has 11 nitrogen and oxygen atoms in total. The lowest BCUT2D eigenvalue weighted by Crippen LogP contribution is -2.51. The zero-order valence-electron chi connectivity index (χ0n) is 20.1. The van der Waals surface area contributed by atoms with Gasteiger partial charge in [-0.3, -0.25) is 4.79 Å². The maximum absolute atomic E-state index is 12.6. The van der Waals surface area contributed by atoms with Crippen molar-refractivity contribution >= 4 is 29.9 Å². The van der Waals surface area contributed by atoms with Gasteiger partial charge in [-0.05, 0) is 46.5 Å². The largest absolute Gasteiger partial charge is 0.546 e. The summed E-state index contributed by atoms with van der Waals surface area (Å²) in [6.07, 6.45) is -3.57. The lowest BCUT2D eigenvalue weighted by atomic mass is 10.1. The van der Waals surface area contributed by atoms with Crippen molar-refractivity contribution < 1.29 is 43.3 Å². The molecule has 0 aliphatic carbocycles. The van der Waals surface area contributed by atoms with E-state index in [1.54, 1.807) is 34.6 Å². The molecule has 0 saturated carbocycles. The first-order chi connectivity index (χ1) is 14.5. The number of carbonyl (C=O) groups is 5. The molecular formula is C21H35N2O9-. The summed E-state index contributed by atoms with van der Waals surface area (Å²) in [5.74, 6) is -5.19. The van der Waals surface area contributed by atoms with E-state index in [9.17, 15) is 29.1 Å². The molecule has 0 aliphatic heterocycles. The average molecular weight is 460 g/mol. The molecule has 4 atom stereocenters. The van der Waals surface area contributed by atoms with Crippen LogP contribution in [0.4, 0.5) is 4.79 Å². The molecule has 0 bridgehead atoms. The third-order valence-electron chi connectivity index (χ3n) is 3.99. The van der Waals surface area contributed by atoms with E-state index in [2.05, 4.69) is 10.6 Å². The van der Waals surface area contributed by atoms with Gasteiger partial charge in [0.15, 0.2) is 6.10 Å². The smallest absolute Gasteiger partial charge is 0.408 e. The minimum absolute atomic E-state index is 0.470. The van der Waals surface area contributed by atoms with Gasteiger partial charge in [0.1, 0.15) is 23.8 Å². The van der Waals surface area contributed by atoms with Crippen molar-refractivity contribution in [2.75, 3.05) is 0 Å². The Morgan fingerprint density at radius 1 is 0.719 bits per heavy atom. The van der Waals surface area contributed by atoms with Crippen LogP contribution in [0.3, 0.4) is 0 Å². The van der Waals surface area contributed by atoms with Crippen LogP contribution < -0.4 is 15.7 Å². The van der Waals surface area contributed by atoms with Gasteiger partial charge in [-0.1, -0.05) is 27.7 Å². The molecule has 2 amide bonds. The van der Waals surface area contributed by atoms with Crippen LogP contribution in [0, 0.1) is 11.8 Å². The van der Waals surface area contributed by atoms with Gasteiger partial charge in [0.2, 0.25) is 0 Å². The number of amides is 2. The molecule has 0 heterocycles. The van der Waals surface area contributed by atoms with Crippen molar-refractivity contribution in [2.45, 2.75) is 92.2 Å². The number of carboxylic acid groups (broad SMARTS) is 1. The Hall–Kier alpha value is -2.85. The molecule has 0 spiro atoms. The van der Waals surface area contributed by atoms with Crippen LogP contribution in [-0.4, -0.2) is 59.8 Å². The lowest BCUT2D eigenvalue weighted by Gasteiger charge is -2.26. The Kier molecular flexibility index (Phi) is 11.2. The normalized spacial score (nSPS) is 15.2. The minimum atomic E-state index is -1.55. The van der Waals surface area contributed by atoms with Crippen molar-refractivity contribution in [3.8, 4) is 0 Å². The van der Waals surface area contributed by atoms with Crippen LogP contribution in [-0.2, 0) is 33.4 Å². The molecule has 0 fully saturated rings. The number of hydrogen-bond donors (Lipinski definition) is 2. The van der Waals surface area contributed by atoms with Crippen molar-refractivity contribution in [3.05, 3.63) is 0 Å². The van der Waals surface area contributed by atoms with Gasteiger partial charge in [0, 0.05) is 0 Å². The Labute approximate surface area is 188 Å². The number of nitrogens with one attached hydrogen (secondary N) is 2. The molecule has 32 heavy (non-hydrogen) atoms. The average Bonchev–Trinajstić information content (AvgIpc) is 2.60. The zero-order valence-corrected chi connectivity index (χ0v) is 20.1. The monoisotopic (exact) mass is 459 g/mol. The fraction of sp³-hybridized carbons (Fsp3) is 0.762. The van der Waals surface area contributed by atoms with Crippen molar-refractivity contribution in [1.29, 1.82) is 0 Å². The van der Waals surface area contributed by atoms with Crippen molar-refractivity contribution in [2.24, 2.45) is 11.8 Å². The number of ether oxygens (including phenoxy) is 3. The van der Waals surface area contributed by atoms with Gasteiger partial charge in [-0.25, -0.2) is 14.4 Å². The standard InChI is InChI=1S/C21H36N2O9/c1-10(2)14(30-19(28)13(6)23-20(29)32-21(7,8)9)16(24)22-12(5)18(27)31-15(11(3)4)17(25)26/h10-15H,1-9H3,(H,22,24)(H,23,29)(H,25,26)/p-1. The molecule has 0 aromatic rings. The van der Waals surface area contributed by atoms with Crippen LogP contribution in [0.25, 0.3) is 0 Å². The minimum Gasteiger partial charge on any atom is -0.546 e. The molecular weight excluding hydrogens is 424 g/mol. The molecule has 0 radical (unpaired) electrons. The molecule has 0 rings (SSSR count). The second-order valence-corrected chi connectivity index (χ2v) is 9.12. The van der Waals surface area contributed by atoms with Gasteiger partial charge in [-0.2, -0.15) is 0 Å². The van der Waals surface area contributed by atoms with Crippen LogP contribution in [0.15, 0.2) is 0 Å². The van der Waals surface area contributed by atoms with Gasteiger partial charge in [0.05, 0.1) is 5.97 Å². The fourth-order valence-electron chi connectivity index (χ4n) is 2.30. The number of hydrogen-bond acceptors (Lipinski definition) is 9. The highest BCUT2D eigenvalue weighted by molar-refractivity contribution is 5.90. The Bertz CT molecular complexity index is 698. The predicted octanol–water partition coefficient (Wildman–Crippen LogP) is 0.290. The predicted molar refractivity (Wildman–Crippen MR) is 111 cm³/mol. The van der Waals surface area contributed by atoms with Gasteiger partial charge < -0.3 is 34.7 Å². The van der Waals surface area contributed by atoms with E-state index in [1.165, 1.54) is 27.7 Å². The van der Waals surface area contributed by atoms with Crippen LogP contribution in [0.1, 0.15) is 62.3 Å². The first kappa shape index (κ1) is 29.1. The highest BCUT2D eigenvalue weighted by atomic mass is 16.6. The third kappa shape index (κ3) is 10.5. The van der Waals surface area contributed by atoms with Crippen LogP contribution in [0.5, 0.6) is 0 Å². The number of carbonyl (C=O) groups excluding carboxylic acids is 5. The van der Waals surface area contributed by atoms with Gasteiger partial charge >= 0.3 is 18.0 Å². The maximum atomic E-state index is 12.6. The number of carboxylic acids is 1. The summed E-state index contributed by atoms with van der Waals surface area (Å²) in [4.78, 5) is 60.0. The first-order valence-corrected chi connectivity index (χ1v) is 10.4. The molecule has 4 unspecified atom stereocenters. The summed E-state index contributed by atoms with van der Waals surface area (Å²) < 4.78 is 15.2. The summed E-state index contributed by atoms with van der Waals surface area (Å²) in [6, 6.07) is -2.31. The second-order valence-electron chi connectivity index (χ2n) is 9.12. The van der Waals surface area contributed by atoms with Crippen LogP contribution in [0.2, 0.25) is 0 Å². The van der Waals surface area contributed by atoms with E-state index < -0.39 is 71.6 Å². The topological polar surface area (TPSA) is 160 Å². The van der Waals surface area contributed by atoms with E-state index in [1.807, 2.05) is 0 Å². The summed E-state index contributed by atoms with van der Waals surface area (Å²) in [5.41, 5.74) is -0.760. The maximum Gasteiger partial charge on any atom is 0.408 e. The van der Waals surface area contributed by atoms with Crippen molar-refractivity contribution in [3.63, 3.8) is 0 Å². The van der Waals surface area contributed by atoms with E-state index in [-0.39, 0.29) is 0 Å². The Morgan fingerprint density at radius 2 is 1.12 bits per heavy atom. The Balaban J connectivity index is 5.04. The molecule has 0 aliphatic rings. The summed E-state index contributed by atoms with van der Waals surface area (Å²) in [7, 11) is 0. The lowest BCUT2D eigenvalue weighted by molar-refractivity contribution is -0.317. The summed E-state index contributed by atoms with van der Waals surface area (Å²) in [6.45, 7) is 14.0. The Morgan fingerprint density at radius 3 is 1.50 bits per heavy atom. The molecule has 0 saturated heterocycles. The second kappa shape index (κ2) is 12.3. The molecule has 11 heteroatoms. The van der Waals surface area contributed by atoms with Crippen LogP contribution >= 0.6 is 0 Å². The highest BCUT2D eigenvalue weighted by Gasteiger charge is 2.32. The zero-order chi connectivity index (χ0) is 25.4. The number of aliphatic carboxylic acids is 1. The number of esters is 2. The van der Waals surface area contributed by atoms with Gasteiger partial charge in [0.25, 0.3) is 5.91 Å². The third-order valence-corrected chi connectivity index (χ3v) is 3.99. The van der Waals surface area contributed by atoms with E-state index in [4.69, 9.17) is 14.2 Å². The quantitative estimate of drug-likeness (QED) is 0.345. The number of rotatable bonds is 10. The molecule has 0 aromatic carbocycles. The van der Waals surface area contributed by atoms with E-state index >= 15 is 0 Å².